The van der Waals surface area contributed by atoms with Crippen LogP contribution in [0.1, 0.15) is 30.1 Å². The molecule has 1 unspecified atom stereocenters. The van der Waals surface area contributed by atoms with Gasteiger partial charge in [-0.05, 0) is 30.7 Å². The number of rotatable bonds is 5. The average molecular weight is 246 g/mol. The van der Waals surface area contributed by atoms with Crippen LogP contribution in [0.2, 0.25) is 0 Å². The molecule has 96 valence electrons. The van der Waals surface area contributed by atoms with E-state index in [0.717, 1.165) is 17.3 Å². The van der Waals surface area contributed by atoms with Crippen LogP contribution >= 0.6 is 0 Å². The normalized spacial score (nSPS) is 12.6. The number of H-pyrrole nitrogens is 1. The highest BCUT2D eigenvalue weighted by Crippen LogP contribution is 2.14. The van der Waals surface area contributed by atoms with Gasteiger partial charge < -0.3 is 15.4 Å². The number of carbonyl (C=O) groups excluding carboxylic acids is 1. The molecule has 4 nitrogen and oxygen atoms in total. The second-order valence-corrected chi connectivity index (χ2v) is 4.43. The van der Waals surface area contributed by atoms with Crippen LogP contribution < -0.4 is 5.32 Å². The molecular formula is C14H18N2O2. The summed E-state index contributed by atoms with van der Waals surface area (Å²) in [6, 6.07) is 7.43. The van der Waals surface area contributed by atoms with Gasteiger partial charge in [0.25, 0.3) is 5.91 Å². The van der Waals surface area contributed by atoms with E-state index in [1.807, 2.05) is 31.3 Å². The largest absolute Gasteiger partial charge is 0.391 e. The number of aliphatic hydroxyl groups excluding tert-OH is 1. The van der Waals surface area contributed by atoms with Crippen molar-refractivity contribution < 1.29 is 9.90 Å². The number of amides is 1. The third kappa shape index (κ3) is 2.90. The number of nitrogens with one attached hydrogen (secondary N) is 2. The Morgan fingerprint density at radius 1 is 1.44 bits per heavy atom. The summed E-state index contributed by atoms with van der Waals surface area (Å²) in [5.74, 6) is -0.145. The molecule has 0 spiro atoms. The Bertz CT molecular complexity index is 533. The Kier molecular flexibility index (Phi) is 3.99. The van der Waals surface area contributed by atoms with E-state index in [0.29, 0.717) is 18.5 Å². The van der Waals surface area contributed by atoms with Crippen molar-refractivity contribution in [1.82, 2.24) is 10.3 Å². The van der Waals surface area contributed by atoms with Crippen LogP contribution in [0.15, 0.2) is 30.5 Å². The average Bonchev–Trinajstić information content (AvgIpc) is 2.83. The zero-order valence-electron chi connectivity index (χ0n) is 10.4. The number of hydrogen-bond acceptors (Lipinski definition) is 2. The summed E-state index contributed by atoms with van der Waals surface area (Å²) in [5.41, 5.74) is 1.63. The van der Waals surface area contributed by atoms with E-state index in [1.54, 1.807) is 6.07 Å². The van der Waals surface area contributed by atoms with Gasteiger partial charge in [-0.3, -0.25) is 4.79 Å². The minimum absolute atomic E-state index is 0.145. The van der Waals surface area contributed by atoms with E-state index in [9.17, 15) is 9.90 Å². The lowest BCUT2D eigenvalue weighted by molar-refractivity contribution is 0.0910. The molecule has 0 aliphatic rings. The van der Waals surface area contributed by atoms with Crippen LogP contribution in [0.3, 0.4) is 0 Å². The minimum atomic E-state index is -0.463. The zero-order chi connectivity index (χ0) is 13.0. The lowest BCUT2D eigenvalue weighted by Gasteiger charge is -2.10. The molecule has 1 aromatic heterocycles. The molecular weight excluding hydrogens is 228 g/mol. The van der Waals surface area contributed by atoms with Gasteiger partial charge in [-0.1, -0.05) is 13.3 Å². The maximum absolute atomic E-state index is 11.9. The monoisotopic (exact) mass is 246 g/mol. The Labute approximate surface area is 106 Å². The number of fused-ring (bicyclic) bond motifs is 1. The second-order valence-electron chi connectivity index (χ2n) is 4.43. The Morgan fingerprint density at radius 2 is 2.28 bits per heavy atom. The molecule has 0 aliphatic carbocycles. The first-order valence-corrected chi connectivity index (χ1v) is 6.24. The van der Waals surface area contributed by atoms with E-state index in [1.165, 1.54) is 0 Å². The van der Waals surface area contributed by atoms with Crippen LogP contribution in [0, 0.1) is 0 Å². The number of hydrogen-bond donors (Lipinski definition) is 3. The second kappa shape index (κ2) is 5.69. The fourth-order valence-electron chi connectivity index (χ4n) is 1.94. The molecule has 4 heteroatoms. The molecule has 0 aliphatic heterocycles. The number of aliphatic hydroxyl groups is 1. The van der Waals surface area contributed by atoms with Crippen molar-refractivity contribution in [3.05, 3.63) is 36.0 Å². The standard InChI is InChI=1S/C14H18N2O2/c1-2-3-12(17)9-16-14(18)11-4-5-13-10(8-11)6-7-15-13/h4-8,12,15,17H,2-3,9H2,1H3,(H,16,18). The van der Waals surface area contributed by atoms with Gasteiger partial charge in [-0.15, -0.1) is 0 Å². The van der Waals surface area contributed by atoms with Crippen molar-refractivity contribution >= 4 is 16.8 Å². The van der Waals surface area contributed by atoms with Gasteiger partial charge in [0.15, 0.2) is 0 Å². The van der Waals surface area contributed by atoms with Crippen LogP contribution in [0.4, 0.5) is 0 Å². The highest BCUT2D eigenvalue weighted by atomic mass is 16.3. The summed E-state index contributed by atoms with van der Waals surface area (Å²) in [6.07, 6.45) is 3.00. The van der Waals surface area contributed by atoms with Crippen LogP contribution in [-0.4, -0.2) is 28.6 Å². The van der Waals surface area contributed by atoms with Crippen LogP contribution in [-0.2, 0) is 0 Å². The molecule has 0 saturated carbocycles. The molecule has 2 rings (SSSR count). The SMILES string of the molecule is CCCC(O)CNC(=O)c1ccc2[nH]ccc2c1. The first-order chi connectivity index (χ1) is 8.70. The van der Waals surface area contributed by atoms with Crippen molar-refractivity contribution in [2.45, 2.75) is 25.9 Å². The minimum Gasteiger partial charge on any atom is -0.391 e. The first kappa shape index (κ1) is 12.6. The van der Waals surface area contributed by atoms with Gasteiger partial charge in [0.05, 0.1) is 6.10 Å². The summed E-state index contributed by atoms with van der Waals surface area (Å²) >= 11 is 0. The van der Waals surface area contributed by atoms with Gasteiger partial charge in [0.1, 0.15) is 0 Å². The summed E-state index contributed by atoms with van der Waals surface area (Å²) in [5, 5.41) is 13.3. The molecule has 1 heterocycles. The first-order valence-electron chi connectivity index (χ1n) is 6.24. The molecule has 0 radical (unpaired) electrons. The molecule has 1 atom stereocenters. The van der Waals surface area contributed by atoms with Crippen molar-refractivity contribution in [3.8, 4) is 0 Å². The van der Waals surface area contributed by atoms with Crippen LogP contribution in [0.5, 0.6) is 0 Å². The lowest BCUT2D eigenvalue weighted by Crippen LogP contribution is -2.31. The third-order valence-corrected chi connectivity index (χ3v) is 2.94. The zero-order valence-corrected chi connectivity index (χ0v) is 10.4. The Morgan fingerprint density at radius 3 is 3.06 bits per heavy atom. The van der Waals surface area contributed by atoms with E-state index < -0.39 is 6.10 Å². The molecule has 0 bridgehead atoms. The highest BCUT2D eigenvalue weighted by molar-refractivity contribution is 5.98. The lowest BCUT2D eigenvalue weighted by atomic mass is 10.1. The molecule has 2 aromatic rings. The molecule has 0 fully saturated rings. The predicted molar refractivity (Wildman–Crippen MR) is 71.5 cm³/mol. The maximum atomic E-state index is 11.9. The van der Waals surface area contributed by atoms with Crippen molar-refractivity contribution in [2.75, 3.05) is 6.54 Å². The summed E-state index contributed by atoms with van der Waals surface area (Å²) in [6.45, 7) is 2.31. The molecule has 18 heavy (non-hydrogen) atoms. The van der Waals surface area contributed by atoms with Crippen molar-refractivity contribution in [3.63, 3.8) is 0 Å². The topological polar surface area (TPSA) is 65.1 Å². The number of aromatic nitrogens is 1. The fourth-order valence-corrected chi connectivity index (χ4v) is 1.94. The summed E-state index contributed by atoms with van der Waals surface area (Å²) < 4.78 is 0. The van der Waals surface area contributed by atoms with E-state index >= 15 is 0 Å². The third-order valence-electron chi connectivity index (χ3n) is 2.94. The summed E-state index contributed by atoms with van der Waals surface area (Å²) in [7, 11) is 0. The van der Waals surface area contributed by atoms with Gasteiger partial charge in [0.2, 0.25) is 0 Å². The molecule has 3 N–H and O–H groups in total. The van der Waals surface area contributed by atoms with E-state index in [-0.39, 0.29) is 5.91 Å². The number of carbonyl (C=O) groups is 1. The molecule has 0 saturated heterocycles. The van der Waals surface area contributed by atoms with Gasteiger partial charge in [-0.2, -0.15) is 0 Å². The van der Waals surface area contributed by atoms with E-state index in [2.05, 4.69) is 10.3 Å². The van der Waals surface area contributed by atoms with Crippen LogP contribution in [0.25, 0.3) is 10.9 Å². The molecule has 1 aromatic carbocycles. The van der Waals surface area contributed by atoms with Crippen molar-refractivity contribution in [1.29, 1.82) is 0 Å². The number of benzene rings is 1. The quantitative estimate of drug-likeness (QED) is 0.756. The Hall–Kier alpha value is -1.81. The predicted octanol–water partition coefficient (Wildman–Crippen LogP) is 2.06. The van der Waals surface area contributed by atoms with Gasteiger partial charge in [-0.25, -0.2) is 0 Å². The van der Waals surface area contributed by atoms with Crippen molar-refractivity contribution in [2.24, 2.45) is 0 Å². The van der Waals surface area contributed by atoms with Gasteiger partial charge >= 0.3 is 0 Å². The fraction of sp³-hybridized carbons (Fsp3) is 0.357. The Balaban J connectivity index is 1.99. The highest BCUT2D eigenvalue weighted by Gasteiger charge is 2.09. The van der Waals surface area contributed by atoms with E-state index in [4.69, 9.17) is 0 Å². The van der Waals surface area contributed by atoms with Gasteiger partial charge in [0, 0.05) is 29.2 Å². The summed E-state index contributed by atoms with van der Waals surface area (Å²) in [4.78, 5) is 15.0. The number of aromatic amines is 1. The molecule has 1 amide bonds. The smallest absolute Gasteiger partial charge is 0.251 e. The maximum Gasteiger partial charge on any atom is 0.251 e.